The molecule has 0 bridgehead atoms. The summed E-state index contributed by atoms with van der Waals surface area (Å²) in [6, 6.07) is 13.7. The molecule has 0 aliphatic carbocycles. The maximum absolute atomic E-state index is 12.8. The Kier molecular flexibility index (Phi) is 6.65. The Balaban J connectivity index is 1.52. The van der Waals surface area contributed by atoms with Gasteiger partial charge in [-0.15, -0.1) is 0 Å². The van der Waals surface area contributed by atoms with Gasteiger partial charge in [0.1, 0.15) is 11.5 Å². The first-order valence-electron chi connectivity index (χ1n) is 10.3. The predicted molar refractivity (Wildman–Crippen MR) is 117 cm³/mol. The van der Waals surface area contributed by atoms with Crippen LogP contribution in [0.15, 0.2) is 59.3 Å². The molecule has 0 saturated carbocycles. The van der Waals surface area contributed by atoms with E-state index in [2.05, 4.69) is 38.0 Å². The zero-order valence-electron chi connectivity index (χ0n) is 18.5. The van der Waals surface area contributed by atoms with Crippen LogP contribution in [0.4, 0.5) is 0 Å². The summed E-state index contributed by atoms with van der Waals surface area (Å²) in [6.45, 7) is 8.82. The number of ether oxygens (including phenoxy) is 1. The maximum atomic E-state index is 12.8. The smallest absolute Gasteiger partial charge is 0.274 e. The molecule has 0 fully saturated rings. The molecule has 6 nitrogen and oxygen atoms in total. The van der Waals surface area contributed by atoms with Gasteiger partial charge in [-0.05, 0) is 54.7 Å². The van der Waals surface area contributed by atoms with E-state index in [4.69, 9.17) is 9.15 Å². The quantitative estimate of drug-likeness (QED) is 0.531. The van der Waals surface area contributed by atoms with Crippen LogP contribution < -0.4 is 4.74 Å². The van der Waals surface area contributed by atoms with E-state index < -0.39 is 0 Å². The molecule has 0 saturated heterocycles. The van der Waals surface area contributed by atoms with E-state index in [1.165, 1.54) is 5.56 Å². The third kappa shape index (κ3) is 5.53. The zero-order valence-corrected chi connectivity index (χ0v) is 18.5. The van der Waals surface area contributed by atoms with Crippen molar-refractivity contribution in [1.29, 1.82) is 0 Å². The van der Waals surface area contributed by atoms with Crippen LogP contribution in [0.1, 0.15) is 55.9 Å². The lowest BCUT2D eigenvalue weighted by molar-refractivity contribution is 0.0728. The monoisotopic (exact) mass is 409 g/mol. The highest BCUT2D eigenvalue weighted by Crippen LogP contribution is 2.24. The Morgan fingerprint density at radius 2 is 1.93 bits per heavy atom. The van der Waals surface area contributed by atoms with Crippen LogP contribution >= 0.6 is 0 Å². The lowest BCUT2D eigenvalue weighted by Gasteiger charge is -2.23. The van der Waals surface area contributed by atoms with Gasteiger partial charge in [0.05, 0.1) is 6.26 Å². The first-order chi connectivity index (χ1) is 14.2. The topological polar surface area (TPSA) is 60.5 Å². The van der Waals surface area contributed by atoms with Gasteiger partial charge in [-0.25, -0.2) is 4.68 Å². The highest BCUT2D eigenvalue weighted by atomic mass is 16.5. The predicted octanol–water partition coefficient (Wildman–Crippen LogP) is 4.90. The van der Waals surface area contributed by atoms with Crippen LogP contribution in [0.25, 0.3) is 0 Å². The minimum atomic E-state index is -0.102. The maximum Gasteiger partial charge on any atom is 0.274 e. The van der Waals surface area contributed by atoms with Crippen molar-refractivity contribution in [3.8, 4) is 5.75 Å². The molecular formula is C24H31N3O3. The summed E-state index contributed by atoms with van der Waals surface area (Å²) in [7, 11) is 1.81. The summed E-state index contributed by atoms with van der Waals surface area (Å²) in [6.07, 6.45) is 5.05. The summed E-state index contributed by atoms with van der Waals surface area (Å²) >= 11 is 0. The fourth-order valence-corrected chi connectivity index (χ4v) is 3.12. The van der Waals surface area contributed by atoms with Crippen molar-refractivity contribution in [2.75, 3.05) is 7.05 Å². The molecule has 160 valence electrons. The van der Waals surface area contributed by atoms with E-state index in [0.29, 0.717) is 5.69 Å². The van der Waals surface area contributed by atoms with Crippen LogP contribution in [-0.4, -0.2) is 33.7 Å². The van der Waals surface area contributed by atoms with Gasteiger partial charge in [0.25, 0.3) is 5.91 Å². The van der Waals surface area contributed by atoms with Crippen LogP contribution in [-0.2, 0) is 18.6 Å². The van der Waals surface area contributed by atoms with Gasteiger partial charge in [0.15, 0.2) is 12.4 Å². The Bertz CT molecular complexity index is 937. The van der Waals surface area contributed by atoms with E-state index >= 15 is 0 Å². The molecule has 3 rings (SSSR count). The van der Waals surface area contributed by atoms with Crippen molar-refractivity contribution in [2.24, 2.45) is 0 Å². The van der Waals surface area contributed by atoms with Gasteiger partial charge < -0.3 is 14.1 Å². The number of carbonyl (C=O) groups is 1. The van der Waals surface area contributed by atoms with Gasteiger partial charge in [0, 0.05) is 25.7 Å². The highest BCUT2D eigenvalue weighted by molar-refractivity contribution is 5.92. The fourth-order valence-electron chi connectivity index (χ4n) is 3.12. The van der Waals surface area contributed by atoms with Gasteiger partial charge in [-0.3, -0.25) is 4.79 Å². The minimum Gasteiger partial charge on any atom is -0.471 e. The molecule has 0 N–H and O–H groups in total. The molecule has 1 aromatic carbocycles. The lowest BCUT2D eigenvalue weighted by atomic mass is 9.87. The van der Waals surface area contributed by atoms with Gasteiger partial charge >= 0.3 is 0 Å². The number of furan rings is 1. The number of hydrogen-bond donors (Lipinski definition) is 0. The largest absolute Gasteiger partial charge is 0.471 e. The Morgan fingerprint density at radius 1 is 1.20 bits per heavy atom. The van der Waals surface area contributed by atoms with E-state index in [9.17, 15) is 4.79 Å². The second kappa shape index (κ2) is 9.20. The molecule has 2 heterocycles. The SMILES string of the molecule is CC(CCc1ccco1)N(C)C(=O)c1ccn(COc2ccc(C(C)(C)C)cc2)n1. The van der Waals surface area contributed by atoms with Crippen LogP contribution in [0, 0.1) is 0 Å². The normalized spacial score (nSPS) is 12.6. The lowest BCUT2D eigenvalue weighted by Crippen LogP contribution is -2.35. The van der Waals surface area contributed by atoms with Crippen molar-refractivity contribution >= 4 is 5.91 Å². The van der Waals surface area contributed by atoms with Crippen molar-refractivity contribution < 1.29 is 13.9 Å². The molecule has 1 unspecified atom stereocenters. The number of rotatable bonds is 8. The minimum absolute atomic E-state index is 0.0744. The molecule has 0 spiro atoms. The molecular weight excluding hydrogens is 378 g/mol. The Hall–Kier alpha value is -3.02. The van der Waals surface area contributed by atoms with Crippen molar-refractivity contribution in [2.45, 2.75) is 58.7 Å². The number of carbonyl (C=O) groups excluding carboxylic acids is 1. The molecule has 0 radical (unpaired) electrons. The average molecular weight is 410 g/mol. The third-order valence-corrected chi connectivity index (χ3v) is 5.31. The number of hydrogen-bond acceptors (Lipinski definition) is 4. The van der Waals surface area contributed by atoms with Crippen molar-refractivity contribution in [1.82, 2.24) is 14.7 Å². The molecule has 30 heavy (non-hydrogen) atoms. The van der Waals surface area contributed by atoms with E-state index in [-0.39, 0.29) is 24.1 Å². The standard InChI is InChI=1S/C24H31N3O3/c1-18(8-11-20-7-6-16-29-20)26(5)23(28)22-14-15-27(25-22)17-30-21-12-9-19(10-13-21)24(2,3)4/h6-7,9-10,12-16,18H,8,11,17H2,1-5H3. The third-order valence-electron chi connectivity index (χ3n) is 5.31. The fraction of sp³-hybridized carbons (Fsp3) is 0.417. The zero-order chi connectivity index (χ0) is 21.7. The summed E-state index contributed by atoms with van der Waals surface area (Å²) in [5, 5.41) is 4.38. The van der Waals surface area contributed by atoms with Gasteiger partial charge in [0.2, 0.25) is 0 Å². The Labute approximate surface area is 178 Å². The van der Waals surface area contributed by atoms with E-state index in [1.54, 1.807) is 35.2 Å². The number of nitrogens with zero attached hydrogens (tertiary/aromatic N) is 3. The summed E-state index contributed by atoms with van der Waals surface area (Å²) < 4.78 is 12.8. The first kappa shape index (κ1) is 21.7. The van der Waals surface area contributed by atoms with Crippen LogP contribution in [0.3, 0.4) is 0 Å². The number of aromatic nitrogens is 2. The van der Waals surface area contributed by atoms with Crippen LogP contribution in [0.2, 0.25) is 0 Å². The van der Waals surface area contributed by atoms with Crippen molar-refractivity contribution in [3.05, 3.63) is 71.9 Å². The van der Waals surface area contributed by atoms with Crippen molar-refractivity contribution in [3.63, 3.8) is 0 Å². The van der Waals surface area contributed by atoms with Crippen LogP contribution in [0.5, 0.6) is 5.75 Å². The molecule has 0 aliphatic heterocycles. The molecule has 3 aromatic rings. The molecule has 6 heteroatoms. The number of benzene rings is 1. The van der Waals surface area contributed by atoms with E-state index in [1.807, 2.05) is 31.2 Å². The van der Waals surface area contributed by atoms with E-state index in [0.717, 1.165) is 24.4 Å². The second-order valence-electron chi connectivity index (χ2n) is 8.67. The van der Waals surface area contributed by atoms with Gasteiger partial charge in [-0.2, -0.15) is 5.10 Å². The highest BCUT2D eigenvalue weighted by Gasteiger charge is 2.20. The number of aryl methyl sites for hydroxylation is 1. The molecule has 1 amide bonds. The molecule has 0 aliphatic rings. The first-order valence-corrected chi connectivity index (χ1v) is 10.3. The number of amides is 1. The average Bonchev–Trinajstić information content (AvgIpc) is 3.41. The van der Waals surface area contributed by atoms with Gasteiger partial charge in [-0.1, -0.05) is 32.9 Å². The summed E-state index contributed by atoms with van der Waals surface area (Å²) in [5.41, 5.74) is 1.77. The summed E-state index contributed by atoms with van der Waals surface area (Å²) in [5.74, 6) is 1.60. The molecule has 2 aromatic heterocycles. The summed E-state index contributed by atoms with van der Waals surface area (Å²) in [4.78, 5) is 14.5. The second-order valence-corrected chi connectivity index (χ2v) is 8.67. The Morgan fingerprint density at radius 3 is 2.57 bits per heavy atom. The molecule has 1 atom stereocenters.